The number of hydrogen-bond donors (Lipinski definition) is 1. The zero-order valence-electron chi connectivity index (χ0n) is 20.1. The van der Waals surface area contributed by atoms with Gasteiger partial charge in [0.15, 0.2) is 27.2 Å². The van der Waals surface area contributed by atoms with Crippen LogP contribution < -0.4 is 14.2 Å². The van der Waals surface area contributed by atoms with Crippen LogP contribution in [0.25, 0.3) is 16.9 Å². The number of methoxy groups -OCH3 is 2. The van der Waals surface area contributed by atoms with E-state index >= 15 is 4.39 Å². The van der Waals surface area contributed by atoms with Gasteiger partial charge in [0.25, 0.3) is 0 Å². The van der Waals surface area contributed by atoms with Crippen LogP contribution in [0.5, 0.6) is 11.5 Å². The predicted octanol–water partition coefficient (Wildman–Crippen LogP) is 4.02. The predicted molar refractivity (Wildman–Crippen MR) is 128 cm³/mol. The lowest BCUT2D eigenvalue weighted by molar-refractivity contribution is 0.386. The summed E-state index contributed by atoms with van der Waals surface area (Å²) in [6.45, 7) is 6.19. The van der Waals surface area contributed by atoms with E-state index in [2.05, 4.69) is 9.71 Å². The van der Waals surface area contributed by atoms with E-state index in [0.717, 1.165) is 13.2 Å². The molecule has 0 bridgehead atoms. The second-order valence-corrected chi connectivity index (χ2v) is 13.3. The number of anilines is 1. The molecular weight excluding hydrogens is 504 g/mol. The first-order valence-electron chi connectivity index (χ1n) is 10.5. The molecule has 1 aromatic carbocycles. The molecule has 0 aliphatic heterocycles. The summed E-state index contributed by atoms with van der Waals surface area (Å²) < 4.78 is 93.9. The minimum absolute atomic E-state index is 0.0111. The lowest BCUT2D eigenvalue weighted by Crippen LogP contribution is -2.28. The third kappa shape index (κ3) is 4.79. The second kappa shape index (κ2) is 9.26. The fraction of sp³-hybridized carbons (Fsp3) is 0.409. The van der Waals surface area contributed by atoms with Crippen molar-refractivity contribution < 1.29 is 35.1 Å². The third-order valence-corrected chi connectivity index (χ3v) is 9.23. The number of benzene rings is 1. The van der Waals surface area contributed by atoms with Gasteiger partial charge >= 0.3 is 0 Å². The summed E-state index contributed by atoms with van der Waals surface area (Å²) in [5.41, 5.74) is -0.854. The largest absolute Gasteiger partial charge is 0.495 e. The van der Waals surface area contributed by atoms with Gasteiger partial charge in [0.1, 0.15) is 22.0 Å². The van der Waals surface area contributed by atoms with E-state index in [9.17, 15) is 21.2 Å². The molecule has 0 radical (unpaired) electrons. The molecule has 3 aromatic rings. The van der Waals surface area contributed by atoms with Gasteiger partial charge in [-0.25, -0.2) is 30.6 Å². The lowest BCUT2D eigenvalue weighted by atomic mass is 10.1. The molecule has 2 heterocycles. The maximum atomic E-state index is 15.7. The van der Waals surface area contributed by atoms with Gasteiger partial charge < -0.3 is 9.47 Å². The smallest absolute Gasteiger partial charge is 0.232 e. The lowest BCUT2D eigenvalue weighted by Gasteiger charge is -2.21. The molecule has 9 nitrogen and oxygen atoms in total. The number of sulfonamides is 1. The van der Waals surface area contributed by atoms with Crippen LogP contribution >= 0.6 is 0 Å². The number of aromatic nitrogens is 2. The summed E-state index contributed by atoms with van der Waals surface area (Å²) in [5, 5.41) is 0. The highest BCUT2D eigenvalue weighted by Gasteiger charge is 2.34. The van der Waals surface area contributed by atoms with Gasteiger partial charge in [0.2, 0.25) is 10.0 Å². The monoisotopic (exact) mass is 531 g/mol. The number of halogens is 2. The summed E-state index contributed by atoms with van der Waals surface area (Å²) in [4.78, 5) is 4.00. The summed E-state index contributed by atoms with van der Waals surface area (Å²) >= 11 is 0. The van der Waals surface area contributed by atoms with Crippen molar-refractivity contribution >= 4 is 31.2 Å². The number of nitrogens with zero attached hydrogens (tertiary/aromatic N) is 2. The summed E-state index contributed by atoms with van der Waals surface area (Å²) in [6.07, 6.45) is 2.69. The number of sulfone groups is 1. The normalized spacial score (nSPS) is 12.7. The van der Waals surface area contributed by atoms with Crippen LogP contribution in [-0.4, -0.2) is 50.9 Å². The van der Waals surface area contributed by atoms with Gasteiger partial charge in [-0.05, 0) is 33.3 Å². The first-order chi connectivity index (χ1) is 16.2. The first-order valence-corrected chi connectivity index (χ1v) is 13.7. The van der Waals surface area contributed by atoms with Gasteiger partial charge in [-0.3, -0.25) is 9.12 Å². The highest BCUT2D eigenvalue weighted by molar-refractivity contribution is 7.93. The standard InChI is InChI=1S/C22H27F2N3O6S2/c1-7-8-34(28,29)26-20-19(24)13(9-14(23)21(20)33-6)15-11-25-18-10-16(32-5)17(12-27(15)18)35(30,31)22(2,3)4/h9-12,26H,7-8H2,1-6H3. The zero-order valence-corrected chi connectivity index (χ0v) is 21.8. The highest BCUT2D eigenvalue weighted by Crippen LogP contribution is 2.40. The van der Waals surface area contributed by atoms with Gasteiger partial charge in [0.05, 0.1) is 36.6 Å². The molecule has 0 fully saturated rings. The molecule has 0 aliphatic carbocycles. The van der Waals surface area contributed by atoms with Gasteiger partial charge in [-0.1, -0.05) is 6.92 Å². The molecule has 0 unspecified atom stereocenters. The number of pyridine rings is 1. The second-order valence-electron chi connectivity index (χ2n) is 8.74. The van der Waals surface area contributed by atoms with Crippen molar-refractivity contribution in [3.63, 3.8) is 0 Å². The number of nitrogens with one attached hydrogen (secondary N) is 1. The maximum absolute atomic E-state index is 15.7. The number of rotatable bonds is 8. The Morgan fingerprint density at radius 3 is 2.29 bits per heavy atom. The molecule has 192 valence electrons. The van der Waals surface area contributed by atoms with E-state index in [1.165, 1.54) is 50.7 Å². The fourth-order valence-corrected chi connectivity index (χ4v) is 5.88. The maximum Gasteiger partial charge on any atom is 0.232 e. The van der Waals surface area contributed by atoms with Crippen molar-refractivity contribution in [2.75, 3.05) is 24.7 Å². The van der Waals surface area contributed by atoms with Crippen LogP contribution in [0.4, 0.5) is 14.5 Å². The molecular formula is C22H27F2N3O6S2. The zero-order chi connectivity index (χ0) is 26.3. The summed E-state index contributed by atoms with van der Waals surface area (Å²) in [6, 6.07) is 2.20. The van der Waals surface area contributed by atoms with E-state index in [1.807, 2.05) is 0 Å². The molecule has 0 aliphatic rings. The van der Waals surface area contributed by atoms with E-state index in [-0.39, 0.29) is 39.7 Å². The van der Waals surface area contributed by atoms with Crippen LogP contribution in [0.2, 0.25) is 0 Å². The number of ether oxygens (including phenoxy) is 2. The average Bonchev–Trinajstić information content (AvgIpc) is 3.17. The van der Waals surface area contributed by atoms with Gasteiger partial charge in [0, 0.05) is 17.8 Å². The Morgan fingerprint density at radius 1 is 1.09 bits per heavy atom. The van der Waals surface area contributed by atoms with Crippen molar-refractivity contribution in [1.82, 2.24) is 9.38 Å². The molecule has 0 spiro atoms. The minimum atomic E-state index is -3.99. The Hall–Kier alpha value is -2.93. The quantitative estimate of drug-likeness (QED) is 0.467. The van der Waals surface area contributed by atoms with Crippen molar-refractivity contribution in [3.8, 4) is 22.8 Å². The Morgan fingerprint density at radius 2 is 1.74 bits per heavy atom. The molecule has 0 amide bonds. The Balaban J connectivity index is 2.33. The Bertz CT molecular complexity index is 1490. The number of hydrogen-bond acceptors (Lipinski definition) is 7. The van der Waals surface area contributed by atoms with Crippen molar-refractivity contribution in [3.05, 3.63) is 36.2 Å². The molecule has 3 rings (SSSR count). The molecule has 0 atom stereocenters. The third-order valence-electron chi connectivity index (χ3n) is 5.27. The minimum Gasteiger partial charge on any atom is -0.495 e. The SMILES string of the molecule is CCCS(=O)(=O)Nc1c(F)c(-c2cnc3cc(OC)c(S(=O)(=O)C(C)(C)C)cn23)cc(F)c1OC. The first kappa shape index (κ1) is 26.7. The number of imidazole rings is 1. The van der Waals surface area contributed by atoms with Crippen LogP contribution in [0, 0.1) is 11.6 Å². The van der Waals surface area contributed by atoms with Crippen molar-refractivity contribution in [1.29, 1.82) is 0 Å². The van der Waals surface area contributed by atoms with Crippen LogP contribution in [-0.2, 0) is 19.9 Å². The molecule has 0 saturated carbocycles. The Kier molecular flexibility index (Phi) is 7.06. The van der Waals surface area contributed by atoms with Crippen LogP contribution in [0.3, 0.4) is 0 Å². The van der Waals surface area contributed by atoms with Gasteiger partial charge in [-0.15, -0.1) is 0 Å². The molecule has 1 N–H and O–H groups in total. The average molecular weight is 532 g/mol. The molecule has 2 aromatic heterocycles. The topological polar surface area (TPSA) is 116 Å². The summed E-state index contributed by atoms with van der Waals surface area (Å²) in [7, 11) is -5.51. The van der Waals surface area contributed by atoms with E-state index in [4.69, 9.17) is 9.47 Å². The van der Waals surface area contributed by atoms with E-state index in [0.29, 0.717) is 0 Å². The van der Waals surface area contributed by atoms with E-state index in [1.54, 1.807) is 6.92 Å². The highest BCUT2D eigenvalue weighted by atomic mass is 32.2. The molecule has 13 heteroatoms. The van der Waals surface area contributed by atoms with Crippen molar-refractivity contribution in [2.45, 2.75) is 43.8 Å². The van der Waals surface area contributed by atoms with Crippen LogP contribution in [0.15, 0.2) is 29.4 Å². The summed E-state index contributed by atoms with van der Waals surface area (Å²) in [5.74, 6) is -3.02. The molecule has 0 saturated heterocycles. The molecule has 35 heavy (non-hydrogen) atoms. The van der Waals surface area contributed by atoms with Gasteiger partial charge in [-0.2, -0.15) is 0 Å². The fourth-order valence-electron chi connectivity index (χ4n) is 3.44. The van der Waals surface area contributed by atoms with Crippen molar-refractivity contribution in [2.24, 2.45) is 0 Å². The number of fused-ring (bicyclic) bond motifs is 1. The van der Waals surface area contributed by atoms with Crippen LogP contribution in [0.1, 0.15) is 34.1 Å². The Labute approximate surface area is 203 Å². The van der Waals surface area contributed by atoms with E-state index < -0.39 is 47.7 Å².